The van der Waals surface area contributed by atoms with Crippen LogP contribution in [-0.2, 0) is 11.4 Å². The number of para-hydroxylation sites is 1. The lowest BCUT2D eigenvalue weighted by atomic mass is 9.95. The second-order valence-corrected chi connectivity index (χ2v) is 8.18. The Labute approximate surface area is 197 Å². The normalized spacial score (nSPS) is 14.8. The maximum Gasteiger partial charge on any atom is 0.255 e. The number of aromatic nitrogens is 4. The number of fused-ring (bicyclic) bond motifs is 1. The standard InChI is InChI=1S/C26H24N6O2/c1-17-8-10-19(11-9-17)16-34-22-14-12-20(13-15-22)24-23(18(2)27-26-29-30-31-32(24)26)25(33)28-21-6-4-3-5-7-21/h3-15,24H,16H2,1-2H3,(H,28,33)(H,27,29,31)/t24-/m0/s1. The van der Waals surface area contributed by atoms with Gasteiger partial charge in [-0.15, -0.1) is 0 Å². The number of nitrogens with one attached hydrogen (secondary N) is 2. The summed E-state index contributed by atoms with van der Waals surface area (Å²) >= 11 is 0. The Hall–Kier alpha value is -4.46. The second kappa shape index (κ2) is 9.19. The SMILES string of the molecule is CC1=C(C(=O)Nc2ccccc2)[C@H](c2ccc(OCc3ccc(C)cc3)cc2)n2nnnc2N1. The number of rotatable bonds is 6. The lowest BCUT2D eigenvalue weighted by Gasteiger charge is -2.28. The predicted molar refractivity (Wildman–Crippen MR) is 129 cm³/mol. The predicted octanol–water partition coefficient (Wildman–Crippen LogP) is 4.49. The first-order chi connectivity index (χ1) is 16.6. The fraction of sp³-hybridized carbons (Fsp3) is 0.154. The van der Waals surface area contributed by atoms with Gasteiger partial charge in [-0.05, 0) is 59.7 Å². The van der Waals surface area contributed by atoms with Gasteiger partial charge in [-0.3, -0.25) is 4.79 Å². The Balaban J connectivity index is 1.40. The Morgan fingerprint density at radius 3 is 2.47 bits per heavy atom. The molecule has 1 atom stereocenters. The first kappa shape index (κ1) is 21.4. The topological polar surface area (TPSA) is 94.0 Å². The monoisotopic (exact) mass is 452 g/mol. The van der Waals surface area contributed by atoms with Gasteiger partial charge in [0, 0.05) is 11.4 Å². The van der Waals surface area contributed by atoms with Crippen LogP contribution in [0.15, 0.2) is 90.1 Å². The fourth-order valence-corrected chi connectivity index (χ4v) is 3.93. The number of hydrogen-bond acceptors (Lipinski definition) is 6. The smallest absolute Gasteiger partial charge is 0.255 e. The number of amides is 1. The number of hydrogen-bond donors (Lipinski definition) is 2. The molecule has 0 saturated carbocycles. The molecule has 3 aromatic carbocycles. The molecule has 8 nitrogen and oxygen atoms in total. The summed E-state index contributed by atoms with van der Waals surface area (Å²) in [5.74, 6) is 1.01. The molecule has 0 aliphatic carbocycles. The molecule has 170 valence electrons. The molecule has 5 rings (SSSR count). The molecule has 0 fully saturated rings. The van der Waals surface area contributed by atoms with Crippen LogP contribution < -0.4 is 15.4 Å². The van der Waals surface area contributed by atoms with E-state index in [9.17, 15) is 4.79 Å². The van der Waals surface area contributed by atoms with Crippen molar-refractivity contribution in [2.24, 2.45) is 0 Å². The van der Waals surface area contributed by atoms with Gasteiger partial charge >= 0.3 is 0 Å². The zero-order chi connectivity index (χ0) is 23.5. The van der Waals surface area contributed by atoms with Crippen molar-refractivity contribution in [3.8, 4) is 5.75 Å². The van der Waals surface area contributed by atoms with Gasteiger partial charge < -0.3 is 15.4 Å². The number of nitrogens with zero attached hydrogens (tertiary/aromatic N) is 4. The van der Waals surface area contributed by atoms with E-state index in [-0.39, 0.29) is 5.91 Å². The summed E-state index contributed by atoms with van der Waals surface area (Å²) in [5, 5.41) is 18.1. The van der Waals surface area contributed by atoms with Gasteiger partial charge in [-0.2, -0.15) is 4.68 Å². The van der Waals surface area contributed by atoms with Crippen molar-refractivity contribution < 1.29 is 9.53 Å². The van der Waals surface area contributed by atoms with Gasteiger partial charge in [-0.25, -0.2) is 0 Å². The zero-order valence-electron chi connectivity index (χ0n) is 18.9. The summed E-state index contributed by atoms with van der Waals surface area (Å²) in [4.78, 5) is 13.3. The van der Waals surface area contributed by atoms with E-state index in [0.717, 1.165) is 16.9 Å². The second-order valence-electron chi connectivity index (χ2n) is 8.18. The maximum absolute atomic E-state index is 13.3. The summed E-state index contributed by atoms with van der Waals surface area (Å²) in [7, 11) is 0. The third-order valence-electron chi connectivity index (χ3n) is 5.71. The minimum Gasteiger partial charge on any atom is -0.489 e. The summed E-state index contributed by atoms with van der Waals surface area (Å²) in [6.45, 7) is 4.39. The Bertz CT molecular complexity index is 1330. The van der Waals surface area contributed by atoms with Crippen LogP contribution in [0.1, 0.15) is 29.7 Å². The Morgan fingerprint density at radius 1 is 1.00 bits per heavy atom. The first-order valence-electron chi connectivity index (χ1n) is 11.0. The van der Waals surface area contributed by atoms with Crippen LogP contribution in [0.5, 0.6) is 5.75 Å². The third kappa shape index (κ3) is 4.38. The number of tetrazole rings is 1. The Morgan fingerprint density at radius 2 is 1.74 bits per heavy atom. The van der Waals surface area contributed by atoms with Gasteiger partial charge in [0.2, 0.25) is 5.95 Å². The van der Waals surface area contributed by atoms with Crippen molar-refractivity contribution in [3.63, 3.8) is 0 Å². The van der Waals surface area contributed by atoms with Gasteiger partial charge in [0.15, 0.2) is 0 Å². The van der Waals surface area contributed by atoms with Crippen LogP contribution in [-0.4, -0.2) is 26.1 Å². The van der Waals surface area contributed by atoms with Crippen LogP contribution in [0.4, 0.5) is 11.6 Å². The molecule has 1 aromatic heterocycles. The number of benzene rings is 3. The van der Waals surface area contributed by atoms with E-state index < -0.39 is 6.04 Å². The number of carbonyl (C=O) groups excluding carboxylic acids is 1. The first-order valence-corrected chi connectivity index (χ1v) is 11.0. The highest BCUT2D eigenvalue weighted by Gasteiger charge is 2.34. The largest absolute Gasteiger partial charge is 0.489 e. The number of aryl methyl sites for hydroxylation is 1. The Kier molecular flexibility index (Phi) is 5.78. The number of allylic oxidation sites excluding steroid dienone is 1. The van der Waals surface area contributed by atoms with E-state index >= 15 is 0 Å². The van der Waals surface area contributed by atoms with Crippen molar-refractivity contribution in [1.29, 1.82) is 0 Å². The number of ether oxygens (including phenoxy) is 1. The molecule has 0 saturated heterocycles. The maximum atomic E-state index is 13.3. The van der Waals surface area contributed by atoms with E-state index in [2.05, 4.69) is 57.3 Å². The molecule has 4 aromatic rings. The molecule has 8 heteroatoms. The fourth-order valence-electron chi connectivity index (χ4n) is 3.93. The van der Waals surface area contributed by atoms with Crippen LogP contribution >= 0.6 is 0 Å². The van der Waals surface area contributed by atoms with E-state index in [4.69, 9.17) is 4.74 Å². The minimum atomic E-state index is -0.485. The molecule has 1 aliphatic heterocycles. The van der Waals surface area contributed by atoms with Gasteiger partial charge in [-0.1, -0.05) is 65.3 Å². The molecule has 0 radical (unpaired) electrons. The van der Waals surface area contributed by atoms with E-state index in [1.165, 1.54) is 5.56 Å². The quantitative estimate of drug-likeness (QED) is 0.448. The average Bonchev–Trinajstić information content (AvgIpc) is 3.32. The minimum absolute atomic E-state index is 0.220. The lowest BCUT2D eigenvalue weighted by Crippen LogP contribution is -2.31. The van der Waals surface area contributed by atoms with Gasteiger partial charge in [0.05, 0.1) is 5.57 Å². The van der Waals surface area contributed by atoms with Gasteiger partial charge in [0.25, 0.3) is 5.91 Å². The van der Waals surface area contributed by atoms with Gasteiger partial charge in [0.1, 0.15) is 18.4 Å². The van der Waals surface area contributed by atoms with Crippen LogP contribution in [0.2, 0.25) is 0 Å². The van der Waals surface area contributed by atoms with Crippen LogP contribution in [0, 0.1) is 6.92 Å². The summed E-state index contributed by atoms with van der Waals surface area (Å²) in [6, 6.07) is 24.8. The third-order valence-corrected chi connectivity index (χ3v) is 5.71. The molecule has 1 amide bonds. The molecular weight excluding hydrogens is 428 g/mol. The van der Waals surface area contributed by atoms with Crippen molar-refractivity contribution in [2.75, 3.05) is 10.6 Å². The van der Waals surface area contributed by atoms with Crippen molar-refractivity contribution in [3.05, 3.63) is 107 Å². The van der Waals surface area contributed by atoms with Crippen molar-refractivity contribution in [1.82, 2.24) is 20.2 Å². The molecule has 0 spiro atoms. The van der Waals surface area contributed by atoms with Crippen LogP contribution in [0.3, 0.4) is 0 Å². The molecule has 2 heterocycles. The van der Waals surface area contributed by atoms with E-state index in [1.807, 2.05) is 61.5 Å². The zero-order valence-corrected chi connectivity index (χ0v) is 18.9. The van der Waals surface area contributed by atoms with Crippen molar-refractivity contribution >= 4 is 17.5 Å². The van der Waals surface area contributed by atoms with E-state index in [0.29, 0.717) is 29.5 Å². The number of anilines is 2. The molecule has 34 heavy (non-hydrogen) atoms. The van der Waals surface area contributed by atoms with Crippen LogP contribution in [0.25, 0.3) is 0 Å². The van der Waals surface area contributed by atoms with E-state index in [1.54, 1.807) is 4.68 Å². The number of carbonyl (C=O) groups is 1. The summed E-state index contributed by atoms with van der Waals surface area (Å²) in [6.07, 6.45) is 0. The summed E-state index contributed by atoms with van der Waals surface area (Å²) < 4.78 is 7.57. The summed E-state index contributed by atoms with van der Waals surface area (Å²) in [5.41, 5.74) is 5.14. The molecule has 0 bridgehead atoms. The highest BCUT2D eigenvalue weighted by atomic mass is 16.5. The molecule has 0 unspecified atom stereocenters. The van der Waals surface area contributed by atoms with Crippen molar-refractivity contribution in [2.45, 2.75) is 26.5 Å². The molecular formula is C26H24N6O2. The highest BCUT2D eigenvalue weighted by molar-refractivity contribution is 6.06. The average molecular weight is 453 g/mol. The highest BCUT2D eigenvalue weighted by Crippen LogP contribution is 2.35. The molecule has 1 aliphatic rings. The lowest BCUT2D eigenvalue weighted by molar-refractivity contribution is -0.113. The molecule has 2 N–H and O–H groups in total.